The fourth-order valence-corrected chi connectivity index (χ4v) is 2.27. The molecule has 0 fully saturated rings. The Balaban J connectivity index is 2.03. The molecule has 4 N–H and O–H groups in total. The number of hydrogen-bond acceptors (Lipinski definition) is 2. The smallest absolute Gasteiger partial charge is 0.248 e. The number of nitrogens with zero attached hydrogens (tertiary/aromatic N) is 1. The first-order valence-electron chi connectivity index (χ1n) is 8.15. The van der Waals surface area contributed by atoms with E-state index in [9.17, 15) is 9.18 Å². The van der Waals surface area contributed by atoms with Crippen molar-refractivity contribution in [2.75, 3.05) is 6.54 Å². The maximum Gasteiger partial charge on any atom is 0.248 e. The van der Waals surface area contributed by atoms with Gasteiger partial charge in [0, 0.05) is 18.7 Å². The number of hydrogen-bond donors (Lipinski definition) is 3. The topological polar surface area (TPSA) is 79.5 Å². The van der Waals surface area contributed by atoms with Gasteiger partial charge in [-0.3, -0.25) is 4.79 Å². The van der Waals surface area contributed by atoms with Crippen LogP contribution < -0.4 is 16.4 Å². The third kappa shape index (κ3) is 5.60. The molecular weight excluding hydrogens is 319 g/mol. The van der Waals surface area contributed by atoms with Gasteiger partial charge in [0.1, 0.15) is 5.82 Å². The number of rotatable bonds is 6. The summed E-state index contributed by atoms with van der Waals surface area (Å²) in [6, 6.07) is 12.2. The number of nitrogens with one attached hydrogen (secondary N) is 2. The standard InChI is InChI=1S/C19H23FN4O/c1-3-22-19(24-12-15-8-7-13(2)17(20)10-15)23-11-14-5-4-6-16(9-14)18(21)25/h4-10H,3,11-12H2,1-2H3,(H2,21,25)(H2,22,23,24). The zero-order valence-corrected chi connectivity index (χ0v) is 14.5. The van der Waals surface area contributed by atoms with Crippen LogP contribution in [0, 0.1) is 12.7 Å². The molecule has 25 heavy (non-hydrogen) atoms. The van der Waals surface area contributed by atoms with Gasteiger partial charge >= 0.3 is 0 Å². The van der Waals surface area contributed by atoms with Gasteiger partial charge in [-0.1, -0.05) is 24.3 Å². The highest BCUT2D eigenvalue weighted by atomic mass is 19.1. The summed E-state index contributed by atoms with van der Waals surface area (Å²) in [7, 11) is 0. The predicted octanol–water partition coefficient (Wildman–Crippen LogP) is 2.49. The minimum Gasteiger partial charge on any atom is -0.366 e. The Morgan fingerprint density at radius 2 is 1.96 bits per heavy atom. The first kappa shape index (κ1) is 18.4. The lowest BCUT2D eigenvalue weighted by molar-refractivity contribution is 0.1000. The van der Waals surface area contributed by atoms with Gasteiger partial charge in [0.05, 0.1) is 6.54 Å². The molecule has 2 rings (SSSR count). The van der Waals surface area contributed by atoms with Crippen molar-refractivity contribution in [1.29, 1.82) is 0 Å². The molecule has 0 bridgehead atoms. The van der Waals surface area contributed by atoms with Crippen LogP contribution in [0.15, 0.2) is 47.5 Å². The quantitative estimate of drug-likeness (QED) is 0.557. The molecule has 0 aliphatic heterocycles. The molecule has 0 saturated carbocycles. The summed E-state index contributed by atoms with van der Waals surface area (Å²) in [5.41, 5.74) is 8.10. The van der Waals surface area contributed by atoms with Crippen LogP contribution in [0.25, 0.3) is 0 Å². The van der Waals surface area contributed by atoms with E-state index in [-0.39, 0.29) is 5.82 Å². The molecule has 0 atom stereocenters. The fourth-order valence-electron chi connectivity index (χ4n) is 2.27. The molecule has 0 radical (unpaired) electrons. The molecule has 0 aliphatic carbocycles. The van der Waals surface area contributed by atoms with Gasteiger partial charge in [0.25, 0.3) is 0 Å². The highest BCUT2D eigenvalue weighted by Crippen LogP contribution is 2.09. The van der Waals surface area contributed by atoms with Crippen LogP contribution in [0.2, 0.25) is 0 Å². The number of carbonyl (C=O) groups is 1. The summed E-state index contributed by atoms with van der Waals surface area (Å²) in [4.78, 5) is 15.7. The molecule has 0 aromatic heterocycles. The van der Waals surface area contributed by atoms with E-state index in [1.165, 1.54) is 6.07 Å². The predicted molar refractivity (Wildman–Crippen MR) is 97.8 cm³/mol. The van der Waals surface area contributed by atoms with Crippen molar-refractivity contribution in [1.82, 2.24) is 10.6 Å². The van der Waals surface area contributed by atoms with Gasteiger partial charge < -0.3 is 16.4 Å². The Morgan fingerprint density at radius 3 is 2.64 bits per heavy atom. The largest absolute Gasteiger partial charge is 0.366 e. The molecule has 132 valence electrons. The number of nitrogens with two attached hydrogens (primary N) is 1. The minimum absolute atomic E-state index is 0.218. The second kappa shape index (κ2) is 8.82. The zero-order chi connectivity index (χ0) is 18.2. The number of aryl methyl sites for hydroxylation is 1. The van der Waals surface area contributed by atoms with Crippen molar-refractivity contribution < 1.29 is 9.18 Å². The van der Waals surface area contributed by atoms with E-state index in [0.29, 0.717) is 36.7 Å². The Bertz CT molecular complexity index is 774. The lowest BCUT2D eigenvalue weighted by atomic mass is 10.1. The lowest BCUT2D eigenvalue weighted by Crippen LogP contribution is -2.36. The monoisotopic (exact) mass is 342 g/mol. The highest BCUT2D eigenvalue weighted by molar-refractivity contribution is 5.92. The maximum absolute atomic E-state index is 13.6. The van der Waals surface area contributed by atoms with Gasteiger partial charge in [0.2, 0.25) is 5.91 Å². The molecule has 2 aromatic rings. The number of primary amides is 1. The van der Waals surface area contributed by atoms with Crippen molar-refractivity contribution in [3.63, 3.8) is 0 Å². The summed E-state index contributed by atoms with van der Waals surface area (Å²) >= 11 is 0. The summed E-state index contributed by atoms with van der Waals surface area (Å²) in [6.07, 6.45) is 0. The average molecular weight is 342 g/mol. The van der Waals surface area contributed by atoms with E-state index in [0.717, 1.165) is 11.1 Å². The maximum atomic E-state index is 13.6. The summed E-state index contributed by atoms with van der Waals surface area (Å²) in [5, 5.41) is 6.31. The highest BCUT2D eigenvalue weighted by Gasteiger charge is 2.03. The lowest BCUT2D eigenvalue weighted by Gasteiger charge is -2.12. The SMILES string of the molecule is CCNC(=NCc1cccc(C(N)=O)c1)NCc1ccc(C)c(F)c1. The zero-order valence-electron chi connectivity index (χ0n) is 14.5. The first-order chi connectivity index (χ1) is 12.0. The van der Waals surface area contributed by atoms with Gasteiger partial charge in [-0.2, -0.15) is 0 Å². The minimum atomic E-state index is -0.461. The van der Waals surface area contributed by atoms with Gasteiger partial charge in [-0.25, -0.2) is 9.38 Å². The fraction of sp³-hybridized carbons (Fsp3) is 0.263. The van der Waals surface area contributed by atoms with Crippen LogP contribution in [-0.4, -0.2) is 18.4 Å². The van der Waals surface area contributed by atoms with Crippen LogP contribution in [0.1, 0.15) is 34.0 Å². The van der Waals surface area contributed by atoms with E-state index in [4.69, 9.17) is 5.73 Å². The van der Waals surface area contributed by atoms with Crippen molar-refractivity contribution in [3.05, 3.63) is 70.5 Å². The number of halogens is 1. The molecule has 0 spiro atoms. The molecule has 0 saturated heterocycles. The molecule has 0 heterocycles. The number of amides is 1. The van der Waals surface area contributed by atoms with Crippen LogP contribution in [-0.2, 0) is 13.1 Å². The van der Waals surface area contributed by atoms with E-state index in [1.807, 2.05) is 19.1 Å². The van der Waals surface area contributed by atoms with E-state index in [2.05, 4.69) is 15.6 Å². The number of guanidine groups is 1. The second-order valence-corrected chi connectivity index (χ2v) is 5.70. The average Bonchev–Trinajstić information content (AvgIpc) is 2.60. The summed E-state index contributed by atoms with van der Waals surface area (Å²) in [6.45, 7) is 5.27. The van der Waals surface area contributed by atoms with Gasteiger partial charge in [0.15, 0.2) is 5.96 Å². The van der Waals surface area contributed by atoms with Crippen LogP contribution in [0.4, 0.5) is 4.39 Å². The summed E-state index contributed by atoms with van der Waals surface area (Å²) in [5.74, 6) is -0.0604. The van der Waals surface area contributed by atoms with Gasteiger partial charge in [-0.15, -0.1) is 0 Å². The molecule has 6 heteroatoms. The number of aliphatic imine (C=N–C) groups is 1. The second-order valence-electron chi connectivity index (χ2n) is 5.70. The first-order valence-corrected chi connectivity index (χ1v) is 8.15. The van der Waals surface area contributed by atoms with Crippen LogP contribution in [0.5, 0.6) is 0 Å². The van der Waals surface area contributed by atoms with E-state index in [1.54, 1.807) is 31.2 Å². The van der Waals surface area contributed by atoms with Crippen molar-refractivity contribution >= 4 is 11.9 Å². The Hall–Kier alpha value is -2.89. The molecular formula is C19H23FN4O. The normalized spacial score (nSPS) is 11.2. The van der Waals surface area contributed by atoms with Crippen molar-refractivity contribution in [2.24, 2.45) is 10.7 Å². The number of benzene rings is 2. The van der Waals surface area contributed by atoms with E-state index >= 15 is 0 Å². The Morgan fingerprint density at radius 1 is 1.16 bits per heavy atom. The molecule has 5 nitrogen and oxygen atoms in total. The molecule has 0 unspecified atom stereocenters. The van der Waals surface area contributed by atoms with Crippen molar-refractivity contribution in [3.8, 4) is 0 Å². The molecule has 2 aromatic carbocycles. The Labute approximate surface area is 147 Å². The third-order valence-corrected chi connectivity index (χ3v) is 3.67. The van der Waals surface area contributed by atoms with Crippen LogP contribution >= 0.6 is 0 Å². The molecule has 1 amide bonds. The summed E-state index contributed by atoms with van der Waals surface area (Å²) < 4.78 is 13.6. The third-order valence-electron chi connectivity index (χ3n) is 3.67. The van der Waals surface area contributed by atoms with E-state index < -0.39 is 5.91 Å². The molecule has 0 aliphatic rings. The van der Waals surface area contributed by atoms with Gasteiger partial charge in [-0.05, 0) is 48.7 Å². The number of carbonyl (C=O) groups excluding carboxylic acids is 1. The van der Waals surface area contributed by atoms with Crippen LogP contribution in [0.3, 0.4) is 0 Å². The Kier molecular flexibility index (Phi) is 6.51. The van der Waals surface area contributed by atoms with Crippen molar-refractivity contribution in [2.45, 2.75) is 26.9 Å².